The molecule has 0 spiro atoms. The predicted molar refractivity (Wildman–Crippen MR) is 76.2 cm³/mol. The van der Waals surface area contributed by atoms with Crippen molar-refractivity contribution in [3.05, 3.63) is 63.1 Å². The molecule has 0 aliphatic carbocycles. The van der Waals surface area contributed by atoms with Crippen molar-refractivity contribution in [3.63, 3.8) is 0 Å². The Balaban J connectivity index is 2.41. The standard InChI is InChI=1S/C14H12BrClO2/c1-18-13-5-3-2-4-10(13)14(17)9-6-7-12(16)11(15)8-9/h2-8,14,17H,1H3. The molecule has 0 fully saturated rings. The van der Waals surface area contributed by atoms with Gasteiger partial charge in [-0.15, -0.1) is 0 Å². The van der Waals surface area contributed by atoms with Crippen LogP contribution in [-0.4, -0.2) is 12.2 Å². The van der Waals surface area contributed by atoms with Crippen LogP contribution in [0.4, 0.5) is 0 Å². The van der Waals surface area contributed by atoms with E-state index in [9.17, 15) is 5.11 Å². The van der Waals surface area contributed by atoms with Crippen molar-refractivity contribution in [3.8, 4) is 5.75 Å². The van der Waals surface area contributed by atoms with Crippen LogP contribution < -0.4 is 4.74 Å². The lowest BCUT2D eigenvalue weighted by atomic mass is 10.0. The molecule has 0 saturated heterocycles. The minimum atomic E-state index is -0.741. The third kappa shape index (κ3) is 2.69. The van der Waals surface area contributed by atoms with Gasteiger partial charge in [0.2, 0.25) is 0 Å². The van der Waals surface area contributed by atoms with Gasteiger partial charge >= 0.3 is 0 Å². The number of hydrogen-bond donors (Lipinski definition) is 1. The van der Waals surface area contributed by atoms with Gasteiger partial charge in [-0.2, -0.15) is 0 Å². The van der Waals surface area contributed by atoms with E-state index < -0.39 is 6.10 Å². The Bertz CT molecular complexity index is 557. The second-order valence-corrected chi connectivity index (χ2v) is 5.08. The fourth-order valence-electron chi connectivity index (χ4n) is 1.75. The van der Waals surface area contributed by atoms with E-state index >= 15 is 0 Å². The van der Waals surface area contributed by atoms with E-state index in [0.717, 1.165) is 15.6 Å². The highest BCUT2D eigenvalue weighted by Gasteiger charge is 2.15. The quantitative estimate of drug-likeness (QED) is 0.916. The maximum atomic E-state index is 10.4. The molecule has 18 heavy (non-hydrogen) atoms. The smallest absolute Gasteiger partial charge is 0.125 e. The van der Waals surface area contributed by atoms with E-state index in [1.807, 2.05) is 24.3 Å². The number of benzene rings is 2. The van der Waals surface area contributed by atoms with Crippen molar-refractivity contribution in [1.29, 1.82) is 0 Å². The first-order chi connectivity index (χ1) is 8.63. The van der Waals surface area contributed by atoms with Crippen molar-refractivity contribution in [1.82, 2.24) is 0 Å². The first-order valence-corrected chi connectivity index (χ1v) is 6.56. The molecular weight excluding hydrogens is 316 g/mol. The summed E-state index contributed by atoms with van der Waals surface area (Å²) < 4.78 is 6.00. The largest absolute Gasteiger partial charge is 0.496 e. The lowest BCUT2D eigenvalue weighted by Crippen LogP contribution is -2.02. The average Bonchev–Trinajstić information content (AvgIpc) is 2.41. The summed E-state index contributed by atoms with van der Waals surface area (Å²) in [5.74, 6) is 0.663. The number of para-hydroxylation sites is 1. The monoisotopic (exact) mass is 326 g/mol. The molecule has 0 bridgehead atoms. The molecule has 0 aromatic heterocycles. The molecule has 0 aliphatic heterocycles. The molecule has 0 amide bonds. The van der Waals surface area contributed by atoms with Crippen LogP contribution >= 0.6 is 27.5 Å². The number of halogens is 2. The van der Waals surface area contributed by atoms with Crippen LogP contribution in [0.3, 0.4) is 0 Å². The number of methoxy groups -OCH3 is 1. The van der Waals surface area contributed by atoms with Crippen LogP contribution in [0.5, 0.6) is 5.75 Å². The summed E-state index contributed by atoms with van der Waals surface area (Å²) in [6.45, 7) is 0. The van der Waals surface area contributed by atoms with Crippen molar-refractivity contribution < 1.29 is 9.84 Å². The summed E-state index contributed by atoms with van der Waals surface area (Å²) in [5.41, 5.74) is 1.49. The third-order valence-electron chi connectivity index (χ3n) is 2.69. The summed E-state index contributed by atoms with van der Waals surface area (Å²) in [6.07, 6.45) is -0.741. The van der Waals surface area contributed by atoms with Gasteiger partial charge in [-0.1, -0.05) is 35.9 Å². The predicted octanol–water partition coefficient (Wildman–Crippen LogP) is 4.19. The van der Waals surface area contributed by atoms with Crippen LogP contribution in [0.1, 0.15) is 17.2 Å². The summed E-state index contributed by atoms with van der Waals surface area (Å²) in [4.78, 5) is 0. The van der Waals surface area contributed by atoms with Gasteiger partial charge in [-0.3, -0.25) is 0 Å². The second-order valence-electron chi connectivity index (χ2n) is 3.82. The highest BCUT2D eigenvalue weighted by Crippen LogP contribution is 2.32. The fraction of sp³-hybridized carbons (Fsp3) is 0.143. The van der Waals surface area contributed by atoms with Crippen LogP contribution in [-0.2, 0) is 0 Å². The minimum absolute atomic E-state index is 0.617. The zero-order valence-electron chi connectivity index (χ0n) is 9.73. The van der Waals surface area contributed by atoms with Gasteiger partial charge in [-0.05, 0) is 39.7 Å². The molecule has 94 valence electrons. The first-order valence-electron chi connectivity index (χ1n) is 5.39. The maximum absolute atomic E-state index is 10.4. The van der Waals surface area contributed by atoms with Crippen molar-refractivity contribution >= 4 is 27.5 Å². The number of aliphatic hydroxyl groups excluding tert-OH is 1. The van der Waals surface area contributed by atoms with Crippen LogP contribution in [0.15, 0.2) is 46.9 Å². The molecule has 0 saturated carbocycles. The summed E-state index contributed by atoms with van der Waals surface area (Å²) >= 11 is 9.28. The zero-order chi connectivity index (χ0) is 13.1. The molecule has 2 aromatic carbocycles. The summed E-state index contributed by atoms with van der Waals surface area (Å²) in [5, 5.41) is 11.0. The average molecular weight is 328 g/mol. The number of aliphatic hydroxyl groups is 1. The Morgan fingerprint density at radius 2 is 1.94 bits per heavy atom. The molecule has 1 N–H and O–H groups in total. The Hall–Kier alpha value is -1.03. The molecule has 0 heterocycles. The molecule has 1 unspecified atom stereocenters. The Morgan fingerprint density at radius 1 is 1.22 bits per heavy atom. The molecule has 2 aromatic rings. The van der Waals surface area contributed by atoms with Gasteiger partial charge in [0.25, 0.3) is 0 Å². The lowest BCUT2D eigenvalue weighted by molar-refractivity contribution is 0.214. The lowest BCUT2D eigenvalue weighted by Gasteiger charge is -2.15. The van der Waals surface area contributed by atoms with Crippen molar-refractivity contribution in [2.75, 3.05) is 7.11 Å². The Labute approximate surface area is 119 Å². The van der Waals surface area contributed by atoms with E-state index in [0.29, 0.717) is 10.8 Å². The minimum Gasteiger partial charge on any atom is -0.496 e. The van der Waals surface area contributed by atoms with Gasteiger partial charge in [0, 0.05) is 10.0 Å². The summed E-state index contributed by atoms with van der Waals surface area (Å²) in [7, 11) is 1.59. The van der Waals surface area contributed by atoms with E-state index in [1.54, 1.807) is 25.3 Å². The molecule has 1 atom stereocenters. The Kier molecular flexibility index (Phi) is 4.27. The van der Waals surface area contributed by atoms with E-state index in [4.69, 9.17) is 16.3 Å². The van der Waals surface area contributed by atoms with E-state index in [-0.39, 0.29) is 0 Å². The van der Waals surface area contributed by atoms with Gasteiger partial charge in [0.1, 0.15) is 11.9 Å². The van der Waals surface area contributed by atoms with E-state index in [1.165, 1.54) is 0 Å². The van der Waals surface area contributed by atoms with Crippen LogP contribution in [0.25, 0.3) is 0 Å². The van der Waals surface area contributed by atoms with Gasteiger partial charge in [0.05, 0.1) is 12.1 Å². The molecular formula is C14H12BrClO2. The SMILES string of the molecule is COc1ccccc1C(O)c1ccc(Cl)c(Br)c1. The van der Waals surface area contributed by atoms with Crippen molar-refractivity contribution in [2.45, 2.75) is 6.10 Å². The molecule has 2 rings (SSSR count). The van der Waals surface area contributed by atoms with Gasteiger partial charge < -0.3 is 9.84 Å². The first kappa shape index (κ1) is 13.4. The van der Waals surface area contributed by atoms with Crippen LogP contribution in [0, 0.1) is 0 Å². The number of ether oxygens (including phenoxy) is 1. The zero-order valence-corrected chi connectivity index (χ0v) is 12.1. The van der Waals surface area contributed by atoms with Gasteiger partial charge in [-0.25, -0.2) is 0 Å². The third-order valence-corrected chi connectivity index (χ3v) is 3.91. The Morgan fingerprint density at radius 3 is 2.61 bits per heavy atom. The second kappa shape index (κ2) is 5.74. The highest BCUT2D eigenvalue weighted by molar-refractivity contribution is 9.10. The highest BCUT2D eigenvalue weighted by atomic mass is 79.9. The van der Waals surface area contributed by atoms with Crippen LogP contribution in [0.2, 0.25) is 5.02 Å². The topological polar surface area (TPSA) is 29.5 Å². The number of rotatable bonds is 3. The van der Waals surface area contributed by atoms with Gasteiger partial charge in [0.15, 0.2) is 0 Å². The van der Waals surface area contributed by atoms with Crippen molar-refractivity contribution in [2.24, 2.45) is 0 Å². The molecule has 2 nitrogen and oxygen atoms in total. The fourth-order valence-corrected chi connectivity index (χ4v) is 2.27. The maximum Gasteiger partial charge on any atom is 0.125 e. The molecule has 0 radical (unpaired) electrons. The van der Waals surface area contributed by atoms with E-state index in [2.05, 4.69) is 15.9 Å². The molecule has 0 aliphatic rings. The number of hydrogen-bond acceptors (Lipinski definition) is 2. The summed E-state index contributed by atoms with van der Waals surface area (Å²) in [6, 6.07) is 12.7. The normalized spacial score (nSPS) is 12.2. The molecule has 4 heteroatoms.